The van der Waals surface area contributed by atoms with Gasteiger partial charge in [0.25, 0.3) is 0 Å². The number of carbonyl (C=O) groups excluding carboxylic acids is 1. The number of halogens is 1. The van der Waals surface area contributed by atoms with Crippen LogP contribution in [0, 0.1) is 0 Å². The Labute approximate surface area is 154 Å². The van der Waals surface area contributed by atoms with Crippen molar-refractivity contribution >= 4 is 17.4 Å². The number of aromatic hydroxyl groups is 1. The predicted molar refractivity (Wildman–Crippen MR) is 102 cm³/mol. The molecular formula is C21H25ClO3. The summed E-state index contributed by atoms with van der Waals surface area (Å²) in [6, 6.07) is 15.4. The van der Waals surface area contributed by atoms with Crippen LogP contribution in [-0.2, 0) is 4.79 Å². The lowest BCUT2D eigenvalue weighted by molar-refractivity contribution is -0.118. The van der Waals surface area contributed by atoms with Crippen LogP contribution in [0.4, 0.5) is 0 Å². The van der Waals surface area contributed by atoms with Crippen LogP contribution in [0.25, 0.3) is 0 Å². The molecule has 0 saturated carbocycles. The molecule has 0 fully saturated rings. The first-order valence-electron chi connectivity index (χ1n) is 8.68. The van der Waals surface area contributed by atoms with Crippen molar-refractivity contribution < 1.29 is 14.6 Å². The molecule has 0 spiro atoms. The summed E-state index contributed by atoms with van der Waals surface area (Å²) in [7, 11) is 0. The van der Waals surface area contributed by atoms with Crippen molar-refractivity contribution in [1.82, 2.24) is 0 Å². The molecule has 4 heteroatoms. The maximum Gasteiger partial charge on any atom is 0.184 e. The van der Waals surface area contributed by atoms with Gasteiger partial charge in [-0.2, -0.15) is 0 Å². The largest absolute Gasteiger partial charge is 0.508 e. The summed E-state index contributed by atoms with van der Waals surface area (Å²) in [5.74, 6) is 1.58. The molecule has 0 saturated heterocycles. The highest BCUT2D eigenvalue weighted by atomic mass is 35.5. The Morgan fingerprint density at radius 1 is 0.960 bits per heavy atom. The maximum atomic E-state index is 11.2. The highest BCUT2D eigenvalue weighted by Crippen LogP contribution is 2.38. The molecule has 2 aromatic carbocycles. The van der Waals surface area contributed by atoms with Gasteiger partial charge in [-0.3, -0.25) is 4.79 Å². The van der Waals surface area contributed by atoms with Gasteiger partial charge < -0.3 is 9.84 Å². The van der Waals surface area contributed by atoms with Crippen LogP contribution in [0.15, 0.2) is 48.5 Å². The second kappa shape index (κ2) is 9.47. The first-order chi connectivity index (χ1) is 12.1. The summed E-state index contributed by atoms with van der Waals surface area (Å²) in [6.45, 7) is 4.39. The molecule has 0 bridgehead atoms. The molecule has 0 aliphatic rings. The lowest BCUT2D eigenvalue weighted by Crippen LogP contribution is -2.12. The van der Waals surface area contributed by atoms with E-state index in [1.165, 1.54) is 11.1 Å². The average Bonchev–Trinajstić information content (AvgIpc) is 2.65. The normalized spacial score (nSPS) is 13.2. The molecule has 0 aliphatic carbocycles. The van der Waals surface area contributed by atoms with Gasteiger partial charge in [0.15, 0.2) is 5.78 Å². The molecule has 2 aromatic rings. The van der Waals surface area contributed by atoms with E-state index in [4.69, 9.17) is 16.3 Å². The number of ketones is 1. The first-order valence-corrected chi connectivity index (χ1v) is 9.21. The molecule has 0 heterocycles. The van der Waals surface area contributed by atoms with E-state index >= 15 is 0 Å². The number of ether oxygens (including phenoxy) is 1. The van der Waals surface area contributed by atoms with Crippen molar-refractivity contribution in [3.05, 3.63) is 59.7 Å². The predicted octanol–water partition coefficient (Wildman–Crippen LogP) is 5.27. The second-order valence-electron chi connectivity index (χ2n) is 6.15. The Balaban J connectivity index is 2.15. The topological polar surface area (TPSA) is 46.5 Å². The van der Waals surface area contributed by atoms with Gasteiger partial charge in [0.1, 0.15) is 18.1 Å². The first kappa shape index (κ1) is 19.3. The van der Waals surface area contributed by atoms with Crippen molar-refractivity contribution in [2.24, 2.45) is 0 Å². The van der Waals surface area contributed by atoms with Crippen molar-refractivity contribution in [1.29, 1.82) is 0 Å². The molecule has 0 unspecified atom stereocenters. The highest BCUT2D eigenvalue weighted by molar-refractivity contribution is 6.27. The van der Waals surface area contributed by atoms with E-state index in [2.05, 4.69) is 26.0 Å². The van der Waals surface area contributed by atoms with Crippen molar-refractivity contribution in [2.45, 2.75) is 38.5 Å². The van der Waals surface area contributed by atoms with Crippen molar-refractivity contribution in [3.63, 3.8) is 0 Å². The number of carbonyl (C=O) groups is 1. The number of rotatable bonds is 9. The number of Topliss-reactive ketones (excluding diaryl/α,β-unsaturated/α-hetero) is 1. The third-order valence-electron chi connectivity index (χ3n) is 4.54. The van der Waals surface area contributed by atoms with Gasteiger partial charge in [0, 0.05) is 0 Å². The molecule has 0 radical (unpaired) electrons. The minimum atomic E-state index is -0.129. The van der Waals surface area contributed by atoms with Crippen LogP contribution in [0.1, 0.15) is 49.7 Å². The van der Waals surface area contributed by atoms with E-state index in [1.807, 2.05) is 24.3 Å². The van der Waals surface area contributed by atoms with Gasteiger partial charge in [-0.25, -0.2) is 0 Å². The fourth-order valence-electron chi connectivity index (χ4n) is 3.24. The van der Waals surface area contributed by atoms with E-state index in [0.717, 1.165) is 12.8 Å². The minimum absolute atomic E-state index is 0.00511. The van der Waals surface area contributed by atoms with Crippen LogP contribution in [0.5, 0.6) is 11.5 Å². The third kappa shape index (κ3) is 5.23. The molecule has 3 nitrogen and oxygen atoms in total. The second-order valence-corrected chi connectivity index (χ2v) is 6.42. The zero-order valence-corrected chi connectivity index (χ0v) is 15.5. The number of phenolic OH excluding ortho intramolecular Hbond substituents is 1. The SMILES string of the molecule is CC[C@H](c1ccc(O)cc1)[C@@H](CC)c1ccc(OCC(=O)CCl)cc1. The number of benzene rings is 2. The molecule has 0 aromatic heterocycles. The van der Waals surface area contributed by atoms with E-state index in [1.54, 1.807) is 12.1 Å². The standard InChI is InChI=1S/C21H25ClO3/c1-3-20(15-5-9-17(23)10-6-15)21(4-2)16-7-11-19(12-8-16)25-14-18(24)13-22/h5-12,20-21,23H,3-4,13-14H2,1-2H3/t20-,21+/m1/s1. The van der Waals surface area contributed by atoms with Crippen LogP contribution in [0.2, 0.25) is 0 Å². The Bertz CT molecular complexity index is 665. The van der Waals surface area contributed by atoms with E-state index < -0.39 is 0 Å². The summed E-state index contributed by atoms with van der Waals surface area (Å²) in [5, 5.41) is 9.52. The molecular weight excluding hydrogens is 336 g/mol. The van der Waals surface area contributed by atoms with Crippen molar-refractivity contribution in [3.8, 4) is 11.5 Å². The highest BCUT2D eigenvalue weighted by Gasteiger charge is 2.22. The Morgan fingerprint density at radius 3 is 1.88 bits per heavy atom. The summed E-state index contributed by atoms with van der Waals surface area (Å²) in [4.78, 5) is 11.2. The Kier molecular flexibility index (Phi) is 7.32. The molecule has 1 N–H and O–H groups in total. The number of alkyl halides is 1. The zero-order valence-electron chi connectivity index (χ0n) is 14.7. The van der Waals surface area contributed by atoms with Gasteiger partial charge in [0.2, 0.25) is 0 Å². The van der Waals surface area contributed by atoms with E-state index in [-0.39, 0.29) is 18.3 Å². The number of phenols is 1. The van der Waals surface area contributed by atoms with Crippen molar-refractivity contribution in [2.75, 3.05) is 12.5 Å². The Hall–Kier alpha value is -2.00. The van der Waals surface area contributed by atoms with E-state index in [0.29, 0.717) is 23.3 Å². The Morgan fingerprint density at radius 2 is 1.44 bits per heavy atom. The molecule has 25 heavy (non-hydrogen) atoms. The van der Waals surface area contributed by atoms with Crippen LogP contribution >= 0.6 is 11.6 Å². The van der Waals surface area contributed by atoms with Crippen LogP contribution in [-0.4, -0.2) is 23.4 Å². The third-order valence-corrected chi connectivity index (χ3v) is 4.84. The van der Waals surface area contributed by atoms with Gasteiger partial charge in [-0.15, -0.1) is 11.6 Å². The van der Waals surface area contributed by atoms with E-state index in [9.17, 15) is 9.90 Å². The molecule has 0 amide bonds. The van der Waals surface area contributed by atoms with Crippen LogP contribution in [0.3, 0.4) is 0 Å². The maximum absolute atomic E-state index is 11.2. The minimum Gasteiger partial charge on any atom is -0.508 e. The van der Waals surface area contributed by atoms with Gasteiger partial charge in [0.05, 0.1) is 5.88 Å². The monoisotopic (exact) mass is 360 g/mol. The molecule has 2 rings (SSSR count). The quantitative estimate of drug-likeness (QED) is 0.620. The number of hydrogen-bond acceptors (Lipinski definition) is 3. The molecule has 2 atom stereocenters. The lowest BCUT2D eigenvalue weighted by Gasteiger charge is -2.26. The summed E-state index contributed by atoms with van der Waals surface area (Å²) < 4.78 is 5.45. The number of hydrogen-bond donors (Lipinski definition) is 1. The fraction of sp³-hybridized carbons (Fsp3) is 0.381. The summed E-state index contributed by atoms with van der Waals surface area (Å²) >= 11 is 5.48. The molecule has 134 valence electrons. The van der Waals surface area contributed by atoms with Gasteiger partial charge in [-0.1, -0.05) is 38.1 Å². The lowest BCUT2D eigenvalue weighted by atomic mass is 9.78. The van der Waals surface area contributed by atoms with Gasteiger partial charge in [-0.05, 0) is 60.1 Å². The van der Waals surface area contributed by atoms with Gasteiger partial charge >= 0.3 is 0 Å². The average molecular weight is 361 g/mol. The summed E-state index contributed by atoms with van der Waals surface area (Å²) in [5.41, 5.74) is 2.48. The smallest absolute Gasteiger partial charge is 0.184 e. The zero-order chi connectivity index (χ0) is 18.2. The van der Waals surface area contributed by atoms with Crippen LogP contribution < -0.4 is 4.74 Å². The molecule has 0 aliphatic heterocycles. The summed E-state index contributed by atoms with van der Waals surface area (Å²) in [6.07, 6.45) is 2.04. The fourth-order valence-corrected chi connectivity index (χ4v) is 3.32.